The van der Waals surface area contributed by atoms with E-state index in [1.54, 1.807) is 0 Å². The maximum Gasteiger partial charge on any atom is 0.309 e. The van der Waals surface area contributed by atoms with Gasteiger partial charge in [-0.25, -0.2) is 0 Å². The average molecular weight is 415 g/mol. The molecular weight excluding hydrogens is 376 g/mol. The molecule has 0 aliphatic heterocycles. The van der Waals surface area contributed by atoms with Crippen LogP contribution in [0.25, 0.3) is 0 Å². The van der Waals surface area contributed by atoms with Crippen LogP contribution >= 0.6 is 15.9 Å². The van der Waals surface area contributed by atoms with Crippen LogP contribution in [0, 0.1) is 17.3 Å². The summed E-state index contributed by atoms with van der Waals surface area (Å²) in [6.07, 6.45) is 19.8. The first kappa shape index (κ1) is 21.3. The Kier molecular flexibility index (Phi) is 9.30. The number of carboxylic acid groups (broad SMARTS) is 1. The topological polar surface area (TPSA) is 37.3 Å². The molecule has 2 aliphatic rings. The first-order chi connectivity index (χ1) is 12.1. The molecule has 0 aromatic carbocycles. The fourth-order valence-electron chi connectivity index (χ4n) is 5.29. The molecule has 0 unspecified atom stereocenters. The number of unbranched alkanes of at least 4 members (excludes halogenated alkanes) is 6. The second-order valence-corrected chi connectivity index (χ2v) is 10.1. The zero-order chi connectivity index (χ0) is 18.1. The van der Waals surface area contributed by atoms with E-state index >= 15 is 0 Å². The molecule has 2 fully saturated rings. The molecule has 25 heavy (non-hydrogen) atoms. The molecule has 2 saturated carbocycles. The van der Waals surface area contributed by atoms with Crippen LogP contribution in [0.5, 0.6) is 0 Å². The van der Waals surface area contributed by atoms with E-state index < -0.39 is 11.4 Å². The largest absolute Gasteiger partial charge is 0.481 e. The third-order valence-electron chi connectivity index (χ3n) is 7.08. The molecule has 0 radical (unpaired) electrons. The summed E-state index contributed by atoms with van der Waals surface area (Å²) in [7, 11) is 0. The van der Waals surface area contributed by atoms with Crippen molar-refractivity contribution >= 4 is 21.9 Å². The number of aliphatic carboxylic acids is 1. The van der Waals surface area contributed by atoms with Crippen molar-refractivity contribution in [3.63, 3.8) is 0 Å². The van der Waals surface area contributed by atoms with Crippen LogP contribution in [-0.2, 0) is 4.79 Å². The number of hydrogen-bond acceptors (Lipinski definition) is 1. The second-order valence-electron chi connectivity index (χ2n) is 8.76. The van der Waals surface area contributed by atoms with Crippen LogP contribution in [-0.4, -0.2) is 15.9 Å². The lowest BCUT2D eigenvalue weighted by Gasteiger charge is -2.44. The number of carbonyl (C=O) groups is 1. The quantitative estimate of drug-likeness (QED) is 0.299. The SMILES string of the molecule is CCCCCCCCCC1CCC(C2(C(=O)O)CCC(Br)CC2)CC1. The monoisotopic (exact) mass is 414 g/mol. The van der Waals surface area contributed by atoms with Gasteiger partial charge in [0.1, 0.15) is 0 Å². The van der Waals surface area contributed by atoms with E-state index in [2.05, 4.69) is 22.9 Å². The van der Waals surface area contributed by atoms with Gasteiger partial charge in [0, 0.05) is 4.83 Å². The van der Waals surface area contributed by atoms with Crippen molar-refractivity contribution in [2.45, 2.75) is 114 Å². The number of carboxylic acids is 1. The normalized spacial score (nSPS) is 33.3. The minimum atomic E-state index is -0.512. The summed E-state index contributed by atoms with van der Waals surface area (Å²) in [5, 5.41) is 9.94. The predicted octanol–water partition coefficient (Wildman–Crippen LogP) is 7.34. The van der Waals surface area contributed by atoms with Crippen molar-refractivity contribution in [3.8, 4) is 0 Å². The van der Waals surface area contributed by atoms with Crippen LogP contribution in [0.4, 0.5) is 0 Å². The molecule has 0 aromatic rings. The summed E-state index contributed by atoms with van der Waals surface area (Å²) in [5.41, 5.74) is -0.408. The van der Waals surface area contributed by atoms with Crippen molar-refractivity contribution in [2.24, 2.45) is 17.3 Å². The Morgan fingerprint density at radius 3 is 2.04 bits per heavy atom. The van der Waals surface area contributed by atoms with E-state index in [4.69, 9.17) is 0 Å². The maximum absolute atomic E-state index is 12.1. The lowest BCUT2D eigenvalue weighted by molar-refractivity contribution is -0.156. The smallest absolute Gasteiger partial charge is 0.309 e. The Labute approximate surface area is 163 Å². The average Bonchev–Trinajstić information content (AvgIpc) is 2.62. The minimum absolute atomic E-state index is 0.408. The minimum Gasteiger partial charge on any atom is -0.481 e. The Morgan fingerprint density at radius 1 is 0.920 bits per heavy atom. The van der Waals surface area contributed by atoms with Crippen molar-refractivity contribution in [2.75, 3.05) is 0 Å². The highest BCUT2D eigenvalue weighted by Crippen LogP contribution is 2.50. The Balaban J connectivity index is 1.67. The molecule has 2 rings (SSSR count). The van der Waals surface area contributed by atoms with Gasteiger partial charge >= 0.3 is 5.97 Å². The van der Waals surface area contributed by atoms with Gasteiger partial charge in [-0.05, 0) is 50.4 Å². The molecule has 3 heteroatoms. The van der Waals surface area contributed by atoms with Gasteiger partial charge in [0.15, 0.2) is 0 Å². The summed E-state index contributed by atoms with van der Waals surface area (Å²) in [4.78, 5) is 12.6. The van der Waals surface area contributed by atoms with Crippen LogP contribution < -0.4 is 0 Å². The Hall–Kier alpha value is -0.0500. The molecule has 0 atom stereocenters. The Morgan fingerprint density at radius 2 is 1.48 bits per heavy atom. The van der Waals surface area contributed by atoms with E-state index in [-0.39, 0.29) is 0 Å². The van der Waals surface area contributed by atoms with E-state index in [0.717, 1.165) is 44.4 Å². The highest BCUT2D eigenvalue weighted by Gasteiger charge is 2.48. The van der Waals surface area contributed by atoms with Gasteiger partial charge in [0.2, 0.25) is 0 Å². The molecule has 146 valence electrons. The molecule has 0 heterocycles. The molecule has 2 aliphatic carbocycles. The van der Waals surface area contributed by atoms with Crippen LogP contribution in [0.1, 0.15) is 110 Å². The summed E-state index contributed by atoms with van der Waals surface area (Å²) < 4.78 is 0. The number of hydrogen-bond donors (Lipinski definition) is 1. The molecule has 0 amide bonds. The maximum atomic E-state index is 12.1. The number of halogens is 1. The Bertz CT molecular complexity index is 379. The summed E-state index contributed by atoms with van der Waals surface area (Å²) in [6.45, 7) is 2.27. The van der Waals surface area contributed by atoms with E-state index in [0.29, 0.717) is 10.7 Å². The van der Waals surface area contributed by atoms with Crippen LogP contribution in [0.2, 0.25) is 0 Å². The number of rotatable bonds is 10. The first-order valence-corrected chi connectivity index (χ1v) is 11.9. The molecular formula is C22H39BrO2. The van der Waals surface area contributed by atoms with Crippen molar-refractivity contribution in [1.29, 1.82) is 0 Å². The molecule has 0 spiro atoms. The fourth-order valence-corrected chi connectivity index (χ4v) is 5.75. The predicted molar refractivity (Wildman–Crippen MR) is 109 cm³/mol. The first-order valence-electron chi connectivity index (χ1n) is 11.0. The third kappa shape index (κ3) is 6.26. The van der Waals surface area contributed by atoms with Crippen LogP contribution in [0.15, 0.2) is 0 Å². The summed E-state index contributed by atoms with van der Waals surface area (Å²) >= 11 is 3.68. The van der Waals surface area contributed by atoms with E-state index in [1.165, 1.54) is 64.2 Å². The van der Waals surface area contributed by atoms with Gasteiger partial charge in [-0.1, -0.05) is 87.1 Å². The van der Waals surface area contributed by atoms with Gasteiger partial charge in [0.25, 0.3) is 0 Å². The van der Waals surface area contributed by atoms with E-state index in [1.807, 2.05) is 0 Å². The lowest BCUT2D eigenvalue weighted by atomic mass is 9.60. The van der Waals surface area contributed by atoms with Gasteiger partial charge in [-0.2, -0.15) is 0 Å². The van der Waals surface area contributed by atoms with Gasteiger partial charge < -0.3 is 5.11 Å². The zero-order valence-electron chi connectivity index (χ0n) is 16.3. The summed E-state index contributed by atoms with van der Waals surface area (Å²) in [5.74, 6) is 0.781. The van der Waals surface area contributed by atoms with Crippen molar-refractivity contribution in [3.05, 3.63) is 0 Å². The molecule has 0 saturated heterocycles. The van der Waals surface area contributed by atoms with Gasteiger partial charge in [-0.15, -0.1) is 0 Å². The molecule has 0 aromatic heterocycles. The standard InChI is InChI=1S/C22H39BrO2/c1-2-3-4-5-6-7-8-9-18-10-12-19(13-11-18)22(21(24)25)16-14-20(23)15-17-22/h18-20H,2-17H2,1H3,(H,24,25). The van der Waals surface area contributed by atoms with E-state index in [9.17, 15) is 9.90 Å². The van der Waals surface area contributed by atoms with Gasteiger partial charge in [0.05, 0.1) is 5.41 Å². The molecule has 0 bridgehead atoms. The lowest BCUT2D eigenvalue weighted by Crippen LogP contribution is -2.43. The highest BCUT2D eigenvalue weighted by molar-refractivity contribution is 9.09. The fraction of sp³-hybridized carbons (Fsp3) is 0.955. The van der Waals surface area contributed by atoms with Crippen molar-refractivity contribution < 1.29 is 9.90 Å². The van der Waals surface area contributed by atoms with Gasteiger partial charge in [-0.3, -0.25) is 4.79 Å². The zero-order valence-corrected chi connectivity index (χ0v) is 17.9. The summed E-state index contributed by atoms with van der Waals surface area (Å²) in [6, 6.07) is 0. The highest BCUT2D eigenvalue weighted by atomic mass is 79.9. The van der Waals surface area contributed by atoms with Crippen molar-refractivity contribution in [1.82, 2.24) is 0 Å². The number of alkyl halides is 1. The molecule has 1 N–H and O–H groups in total. The molecule has 2 nitrogen and oxygen atoms in total. The third-order valence-corrected chi connectivity index (χ3v) is 7.99. The van der Waals surface area contributed by atoms with Crippen LogP contribution in [0.3, 0.4) is 0 Å². The second kappa shape index (κ2) is 10.9.